The highest BCUT2D eigenvalue weighted by Gasteiger charge is 2.17. The summed E-state index contributed by atoms with van der Waals surface area (Å²) in [5.74, 6) is 3.98. The second-order valence-corrected chi connectivity index (χ2v) is 5.74. The van der Waals surface area contributed by atoms with E-state index >= 15 is 0 Å². The molecule has 7 nitrogen and oxygen atoms in total. The summed E-state index contributed by atoms with van der Waals surface area (Å²) in [5.41, 5.74) is 1.83. The van der Waals surface area contributed by atoms with Crippen LogP contribution in [0.5, 0.6) is 23.0 Å². The molecule has 3 heterocycles. The van der Waals surface area contributed by atoms with Crippen molar-refractivity contribution in [3.05, 3.63) is 47.8 Å². The third-order valence-corrected chi connectivity index (χ3v) is 4.06. The van der Waals surface area contributed by atoms with Gasteiger partial charge in [0.05, 0.1) is 0 Å². The van der Waals surface area contributed by atoms with Crippen molar-refractivity contribution in [1.82, 2.24) is 10.1 Å². The van der Waals surface area contributed by atoms with Gasteiger partial charge in [0.2, 0.25) is 6.79 Å². The largest absolute Gasteiger partial charge is 0.486 e. The first-order valence-electron chi connectivity index (χ1n) is 7.96. The quantitative estimate of drug-likeness (QED) is 0.727. The summed E-state index contributed by atoms with van der Waals surface area (Å²) in [6, 6.07) is 11.4. The van der Waals surface area contributed by atoms with Crippen LogP contribution in [0.4, 0.5) is 0 Å². The van der Waals surface area contributed by atoms with Crippen LogP contribution in [0, 0.1) is 0 Å². The van der Waals surface area contributed by atoms with Crippen molar-refractivity contribution in [2.45, 2.75) is 6.42 Å². The van der Waals surface area contributed by atoms with Gasteiger partial charge in [-0.15, -0.1) is 0 Å². The highest BCUT2D eigenvalue weighted by Crippen LogP contribution is 2.35. The summed E-state index contributed by atoms with van der Waals surface area (Å²) in [6.45, 7) is 1.36. The molecule has 0 unspecified atom stereocenters. The fourth-order valence-electron chi connectivity index (χ4n) is 2.85. The highest BCUT2D eigenvalue weighted by atomic mass is 16.7. The minimum Gasteiger partial charge on any atom is -0.486 e. The molecule has 0 radical (unpaired) electrons. The van der Waals surface area contributed by atoms with Crippen LogP contribution in [0.2, 0.25) is 0 Å². The van der Waals surface area contributed by atoms with E-state index in [1.54, 1.807) is 0 Å². The molecular formula is C18H14N2O5. The molecule has 0 spiro atoms. The lowest BCUT2D eigenvalue weighted by Gasteiger charge is -2.18. The maximum atomic E-state index is 5.59. The molecule has 0 amide bonds. The summed E-state index contributed by atoms with van der Waals surface area (Å²) >= 11 is 0. The van der Waals surface area contributed by atoms with Crippen LogP contribution in [0.25, 0.3) is 11.5 Å². The molecule has 126 valence electrons. The van der Waals surface area contributed by atoms with Gasteiger partial charge in [0.15, 0.2) is 28.8 Å². The molecule has 5 rings (SSSR count). The van der Waals surface area contributed by atoms with E-state index < -0.39 is 0 Å². The molecule has 3 aromatic rings. The van der Waals surface area contributed by atoms with Gasteiger partial charge in [-0.3, -0.25) is 0 Å². The van der Waals surface area contributed by atoms with E-state index in [0.717, 1.165) is 28.4 Å². The van der Waals surface area contributed by atoms with Gasteiger partial charge in [-0.25, -0.2) is 0 Å². The minimum absolute atomic E-state index is 0.259. The number of hydrogen-bond acceptors (Lipinski definition) is 7. The third kappa shape index (κ3) is 2.63. The maximum Gasteiger partial charge on any atom is 0.258 e. The van der Waals surface area contributed by atoms with Crippen molar-refractivity contribution in [2.75, 3.05) is 20.0 Å². The van der Waals surface area contributed by atoms with Crippen molar-refractivity contribution in [2.24, 2.45) is 0 Å². The monoisotopic (exact) mass is 338 g/mol. The van der Waals surface area contributed by atoms with Crippen LogP contribution in [0.15, 0.2) is 40.9 Å². The zero-order valence-corrected chi connectivity index (χ0v) is 13.2. The lowest BCUT2D eigenvalue weighted by molar-refractivity contribution is 0.171. The second kappa shape index (κ2) is 5.70. The Morgan fingerprint density at radius 2 is 1.56 bits per heavy atom. The predicted octanol–water partition coefficient (Wildman–Crippen LogP) is 2.83. The smallest absolute Gasteiger partial charge is 0.258 e. The molecule has 0 bridgehead atoms. The molecule has 0 aliphatic carbocycles. The molecule has 0 N–H and O–H groups in total. The van der Waals surface area contributed by atoms with Crippen LogP contribution in [0.1, 0.15) is 11.4 Å². The van der Waals surface area contributed by atoms with E-state index in [4.69, 9.17) is 23.5 Å². The predicted molar refractivity (Wildman–Crippen MR) is 86.1 cm³/mol. The average Bonchev–Trinajstić information content (AvgIpc) is 3.30. The Kier molecular flexibility index (Phi) is 3.22. The summed E-state index contributed by atoms with van der Waals surface area (Å²) in [4.78, 5) is 4.47. The van der Waals surface area contributed by atoms with E-state index in [1.165, 1.54) is 0 Å². The normalized spacial score (nSPS) is 14.6. The van der Waals surface area contributed by atoms with Gasteiger partial charge >= 0.3 is 0 Å². The van der Waals surface area contributed by atoms with E-state index in [0.29, 0.717) is 37.1 Å². The SMILES string of the molecule is c1cc2c(cc1Cc1noc(-c3ccc4c(c3)OCCO4)n1)OCO2. The fourth-order valence-corrected chi connectivity index (χ4v) is 2.85. The topological polar surface area (TPSA) is 75.8 Å². The van der Waals surface area contributed by atoms with Crippen LogP contribution in [-0.4, -0.2) is 30.1 Å². The lowest BCUT2D eigenvalue weighted by Crippen LogP contribution is -2.15. The van der Waals surface area contributed by atoms with Crippen molar-refractivity contribution in [3.63, 3.8) is 0 Å². The first kappa shape index (κ1) is 14.2. The molecule has 0 saturated heterocycles. The van der Waals surface area contributed by atoms with Crippen LogP contribution in [0.3, 0.4) is 0 Å². The summed E-state index contributed by atoms with van der Waals surface area (Å²) in [6.07, 6.45) is 0.546. The Bertz CT molecular complexity index is 937. The Labute approximate surface area is 143 Å². The van der Waals surface area contributed by atoms with Gasteiger partial charge in [-0.1, -0.05) is 11.2 Å². The highest BCUT2D eigenvalue weighted by molar-refractivity contribution is 5.60. The molecule has 2 aliphatic rings. The molecule has 1 aromatic heterocycles. The molecule has 0 fully saturated rings. The number of fused-ring (bicyclic) bond motifs is 2. The Hall–Kier alpha value is -3.22. The standard InChI is InChI=1S/C18H14N2O5/c1-3-14-15(24-10-23-14)7-11(1)8-17-19-18(25-20-17)12-2-4-13-16(9-12)22-6-5-21-13/h1-4,7,9H,5-6,8,10H2. The first-order valence-corrected chi connectivity index (χ1v) is 7.96. The van der Waals surface area contributed by atoms with Crippen molar-refractivity contribution in [3.8, 4) is 34.5 Å². The van der Waals surface area contributed by atoms with E-state index in [-0.39, 0.29) is 6.79 Å². The minimum atomic E-state index is 0.259. The van der Waals surface area contributed by atoms with Gasteiger partial charge in [-0.05, 0) is 35.9 Å². The average molecular weight is 338 g/mol. The summed E-state index contributed by atoms with van der Waals surface area (Å²) < 4.78 is 27.2. The molecule has 0 saturated carbocycles. The van der Waals surface area contributed by atoms with E-state index in [2.05, 4.69) is 10.1 Å². The van der Waals surface area contributed by atoms with Crippen molar-refractivity contribution >= 4 is 0 Å². The molecular weight excluding hydrogens is 324 g/mol. The second-order valence-electron chi connectivity index (χ2n) is 5.74. The van der Waals surface area contributed by atoms with Crippen LogP contribution in [-0.2, 0) is 6.42 Å². The van der Waals surface area contributed by atoms with E-state index in [9.17, 15) is 0 Å². The number of ether oxygens (including phenoxy) is 4. The van der Waals surface area contributed by atoms with Crippen LogP contribution < -0.4 is 18.9 Å². The third-order valence-electron chi connectivity index (χ3n) is 4.06. The van der Waals surface area contributed by atoms with E-state index in [1.807, 2.05) is 36.4 Å². The number of rotatable bonds is 3. The van der Waals surface area contributed by atoms with Crippen molar-refractivity contribution < 1.29 is 23.5 Å². The Balaban J connectivity index is 1.38. The summed E-state index contributed by atoms with van der Waals surface area (Å²) in [5, 5.41) is 4.06. The van der Waals surface area contributed by atoms with Gasteiger partial charge in [0, 0.05) is 12.0 Å². The van der Waals surface area contributed by atoms with Crippen molar-refractivity contribution in [1.29, 1.82) is 0 Å². The maximum absolute atomic E-state index is 5.59. The van der Waals surface area contributed by atoms with Gasteiger partial charge in [0.1, 0.15) is 13.2 Å². The molecule has 7 heteroatoms. The van der Waals surface area contributed by atoms with Gasteiger partial charge < -0.3 is 23.5 Å². The molecule has 25 heavy (non-hydrogen) atoms. The lowest BCUT2D eigenvalue weighted by atomic mass is 10.1. The summed E-state index contributed by atoms with van der Waals surface area (Å²) in [7, 11) is 0. The zero-order valence-electron chi connectivity index (χ0n) is 13.2. The number of hydrogen-bond donors (Lipinski definition) is 0. The molecule has 2 aromatic carbocycles. The number of benzene rings is 2. The number of nitrogens with zero attached hydrogens (tertiary/aromatic N) is 2. The first-order chi connectivity index (χ1) is 12.3. The van der Waals surface area contributed by atoms with Crippen LogP contribution >= 0.6 is 0 Å². The Morgan fingerprint density at radius 3 is 2.52 bits per heavy atom. The molecule has 2 aliphatic heterocycles. The van der Waals surface area contributed by atoms with Gasteiger partial charge in [-0.2, -0.15) is 4.98 Å². The fraction of sp³-hybridized carbons (Fsp3) is 0.222. The molecule has 0 atom stereocenters. The van der Waals surface area contributed by atoms with Gasteiger partial charge in [0.25, 0.3) is 5.89 Å². The zero-order chi connectivity index (χ0) is 16.6. The number of aromatic nitrogens is 2. The Morgan fingerprint density at radius 1 is 0.800 bits per heavy atom.